The summed E-state index contributed by atoms with van der Waals surface area (Å²) in [6.07, 6.45) is 1.79. The third kappa shape index (κ3) is 1.78. The first-order chi connectivity index (χ1) is 4.83. The van der Waals surface area contributed by atoms with Gasteiger partial charge in [-0.05, 0) is 0 Å². The van der Waals surface area contributed by atoms with Gasteiger partial charge in [0.15, 0.2) is 0 Å². The van der Waals surface area contributed by atoms with Gasteiger partial charge < -0.3 is 4.84 Å². The third-order valence-electron chi connectivity index (χ3n) is 0.910. The van der Waals surface area contributed by atoms with Gasteiger partial charge in [0.05, 0.1) is 6.42 Å². The number of nitrogens with two attached hydrogens (primary N) is 1. The van der Waals surface area contributed by atoms with Crippen LogP contribution in [0.1, 0.15) is 5.01 Å². The van der Waals surface area contributed by atoms with Crippen molar-refractivity contribution < 1.29 is 9.63 Å². The second kappa shape index (κ2) is 3.28. The Kier molecular flexibility index (Phi) is 2.35. The molecule has 0 fully saturated rings. The molecule has 0 aliphatic carbocycles. The molecule has 54 valence electrons. The highest BCUT2D eigenvalue weighted by Crippen LogP contribution is 2.04. The smallest absolute Gasteiger partial charge is 0.331 e. The Balaban J connectivity index is 2.48. The maximum atomic E-state index is 10.5. The summed E-state index contributed by atoms with van der Waals surface area (Å²) >= 11 is 1.40. The van der Waals surface area contributed by atoms with Crippen LogP contribution in [-0.4, -0.2) is 11.0 Å². The normalized spacial score (nSPS) is 9.30. The van der Waals surface area contributed by atoms with Crippen LogP contribution < -0.4 is 5.90 Å². The third-order valence-corrected chi connectivity index (χ3v) is 1.69. The van der Waals surface area contributed by atoms with Gasteiger partial charge in [-0.3, -0.25) is 0 Å². The SMILES string of the molecule is NOC(=O)Cc1nccs1. The van der Waals surface area contributed by atoms with Crippen LogP contribution >= 0.6 is 11.3 Å². The van der Waals surface area contributed by atoms with Crippen LogP contribution in [0, 0.1) is 0 Å². The Morgan fingerprint density at radius 3 is 3.20 bits per heavy atom. The molecule has 2 N–H and O–H groups in total. The van der Waals surface area contributed by atoms with Crippen molar-refractivity contribution in [1.29, 1.82) is 0 Å². The molecule has 0 aromatic carbocycles. The summed E-state index contributed by atoms with van der Waals surface area (Å²) in [5.74, 6) is 4.15. The molecule has 0 saturated heterocycles. The van der Waals surface area contributed by atoms with Crippen LogP contribution in [0.2, 0.25) is 0 Å². The van der Waals surface area contributed by atoms with Gasteiger partial charge in [0.1, 0.15) is 5.01 Å². The number of thiazole rings is 1. The van der Waals surface area contributed by atoms with E-state index in [1.807, 2.05) is 0 Å². The monoisotopic (exact) mass is 158 g/mol. The van der Waals surface area contributed by atoms with Crippen molar-refractivity contribution in [3.05, 3.63) is 16.6 Å². The maximum absolute atomic E-state index is 10.5. The molecular formula is C5H6N2O2S. The van der Waals surface area contributed by atoms with Gasteiger partial charge in [-0.25, -0.2) is 9.78 Å². The Labute approximate surface area is 61.6 Å². The minimum atomic E-state index is -0.463. The van der Waals surface area contributed by atoms with Crippen molar-refractivity contribution in [2.24, 2.45) is 5.90 Å². The molecule has 0 aliphatic rings. The van der Waals surface area contributed by atoms with Crippen LogP contribution in [0.3, 0.4) is 0 Å². The lowest BCUT2D eigenvalue weighted by Crippen LogP contribution is -2.12. The minimum Gasteiger partial charge on any atom is -0.373 e. The molecule has 1 aromatic heterocycles. The number of nitrogens with zero attached hydrogens (tertiary/aromatic N) is 1. The molecule has 0 amide bonds. The van der Waals surface area contributed by atoms with Crippen molar-refractivity contribution in [3.8, 4) is 0 Å². The zero-order valence-corrected chi connectivity index (χ0v) is 5.93. The number of hydrogen-bond acceptors (Lipinski definition) is 5. The van der Waals surface area contributed by atoms with E-state index >= 15 is 0 Å². The van der Waals surface area contributed by atoms with E-state index in [1.54, 1.807) is 11.6 Å². The van der Waals surface area contributed by atoms with Crippen LogP contribution in [-0.2, 0) is 16.1 Å². The Hall–Kier alpha value is -0.940. The van der Waals surface area contributed by atoms with Crippen LogP contribution in [0.5, 0.6) is 0 Å². The van der Waals surface area contributed by atoms with E-state index < -0.39 is 5.97 Å². The summed E-state index contributed by atoms with van der Waals surface area (Å²) in [6.45, 7) is 0. The summed E-state index contributed by atoms with van der Waals surface area (Å²) in [6, 6.07) is 0. The zero-order chi connectivity index (χ0) is 7.40. The summed E-state index contributed by atoms with van der Waals surface area (Å²) < 4.78 is 0. The standard InChI is InChI=1S/C5H6N2O2S/c6-9-5(8)3-4-7-1-2-10-4/h1-2H,3,6H2. The molecule has 0 bridgehead atoms. The lowest BCUT2D eigenvalue weighted by molar-refractivity contribution is -0.143. The van der Waals surface area contributed by atoms with Gasteiger partial charge >= 0.3 is 5.97 Å². The van der Waals surface area contributed by atoms with Crippen molar-refractivity contribution in [2.45, 2.75) is 6.42 Å². The first-order valence-electron chi connectivity index (χ1n) is 2.61. The van der Waals surface area contributed by atoms with E-state index in [9.17, 15) is 4.79 Å². The summed E-state index contributed by atoms with van der Waals surface area (Å²) in [5, 5.41) is 2.51. The summed E-state index contributed by atoms with van der Waals surface area (Å²) in [7, 11) is 0. The number of carbonyl (C=O) groups excluding carboxylic acids is 1. The van der Waals surface area contributed by atoms with Crippen molar-refractivity contribution in [2.75, 3.05) is 0 Å². The maximum Gasteiger partial charge on any atom is 0.331 e. The molecule has 0 aliphatic heterocycles. The van der Waals surface area contributed by atoms with Gasteiger partial charge in [-0.2, -0.15) is 5.90 Å². The molecule has 1 heterocycles. The highest BCUT2D eigenvalue weighted by Gasteiger charge is 2.03. The highest BCUT2D eigenvalue weighted by molar-refractivity contribution is 7.09. The molecule has 0 saturated carbocycles. The predicted molar refractivity (Wildman–Crippen MR) is 36.1 cm³/mol. The number of aromatic nitrogens is 1. The van der Waals surface area contributed by atoms with Gasteiger partial charge in [-0.15, -0.1) is 11.3 Å². The van der Waals surface area contributed by atoms with E-state index in [2.05, 4.69) is 15.7 Å². The number of hydrogen-bond donors (Lipinski definition) is 1. The lowest BCUT2D eigenvalue weighted by atomic mass is 10.5. The van der Waals surface area contributed by atoms with Crippen molar-refractivity contribution in [1.82, 2.24) is 4.98 Å². The Morgan fingerprint density at radius 1 is 1.90 bits per heavy atom. The fraction of sp³-hybridized carbons (Fsp3) is 0.200. The average Bonchev–Trinajstić information content (AvgIpc) is 2.40. The van der Waals surface area contributed by atoms with E-state index in [4.69, 9.17) is 0 Å². The molecule has 0 radical (unpaired) electrons. The van der Waals surface area contributed by atoms with Crippen LogP contribution in [0.15, 0.2) is 11.6 Å². The van der Waals surface area contributed by atoms with Crippen molar-refractivity contribution >= 4 is 17.3 Å². The minimum absolute atomic E-state index is 0.161. The fourth-order valence-electron chi connectivity index (χ4n) is 0.505. The van der Waals surface area contributed by atoms with E-state index in [0.29, 0.717) is 0 Å². The Morgan fingerprint density at radius 2 is 2.70 bits per heavy atom. The quantitative estimate of drug-likeness (QED) is 0.620. The first-order valence-corrected chi connectivity index (χ1v) is 3.49. The Bertz CT molecular complexity index is 209. The molecule has 4 nitrogen and oxygen atoms in total. The molecule has 1 rings (SSSR count). The predicted octanol–water partition coefficient (Wildman–Crippen LogP) is 0.102. The van der Waals surface area contributed by atoms with Gasteiger partial charge in [-0.1, -0.05) is 0 Å². The lowest BCUT2D eigenvalue weighted by Gasteiger charge is -1.91. The first kappa shape index (κ1) is 7.17. The largest absolute Gasteiger partial charge is 0.373 e. The molecular weight excluding hydrogens is 152 g/mol. The van der Waals surface area contributed by atoms with E-state index in [-0.39, 0.29) is 6.42 Å². The topological polar surface area (TPSA) is 65.2 Å². The summed E-state index contributed by atoms with van der Waals surface area (Å²) in [4.78, 5) is 18.3. The van der Waals surface area contributed by atoms with Gasteiger partial charge in [0.2, 0.25) is 0 Å². The van der Waals surface area contributed by atoms with Crippen LogP contribution in [0.4, 0.5) is 0 Å². The molecule has 0 unspecified atom stereocenters. The molecule has 10 heavy (non-hydrogen) atoms. The molecule has 0 atom stereocenters. The van der Waals surface area contributed by atoms with E-state index in [1.165, 1.54) is 11.3 Å². The molecule has 5 heteroatoms. The van der Waals surface area contributed by atoms with Crippen molar-refractivity contribution in [3.63, 3.8) is 0 Å². The highest BCUT2D eigenvalue weighted by atomic mass is 32.1. The molecule has 1 aromatic rings. The second-order valence-corrected chi connectivity index (χ2v) is 2.57. The van der Waals surface area contributed by atoms with Gasteiger partial charge in [0.25, 0.3) is 0 Å². The van der Waals surface area contributed by atoms with Crippen LogP contribution in [0.25, 0.3) is 0 Å². The average molecular weight is 158 g/mol. The van der Waals surface area contributed by atoms with E-state index in [0.717, 1.165) is 5.01 Å². The molecule has 0 spiro atoms. The van der Waals surface area contributed by atoms with Gasteiger partial charge in [0, 0.05) is 11.6 Å². The summed E-state index contributed by atoms with van der Waals surface area (Å²) in [5.41, 5.74) is 0. The zero-order valence-electron chi connectivity index (χ0n) is 5.11. The second-order valence-electron chi connectivity index (χ2n) is 1.59. The fourth-order valence-corrected chi connectivity index (χ4v) is 1.11. The number of carbonyl (C=O) groups is 1. The number of rotatable bonds is 2.